The Bertz CT molecular complexity index is 319. The summed E-state index contributed by atoms with van der Waals surface area (Å²) in [5.74, 6) is 1.02. The number of rotatable bonds is 2. The van der Waals surface area contributed by atoms with Crippen molar-refractivity contribution >= 4 is 0 Å². The summed E-state index contributed by atoms with van der Waals surface area (Å²) in [6.45, 7) is 5.36. The van der Waals surface area contributed by atoms with Crippen molar-refractivity contribution in [3.63, 3.8) is 0 Å². The summed E-state index contributed by atoms with van der Waals surface area (Å²) in [5, 5.41) is 3.41. The SMILES string of the molecule is COc1c(C)cc([C@@H]2CCN2)cc1C. The molecule has 1 heterocycles. The highest BCUT2D eigenvalue weighted by molar-refractivity contribution is 5.44. The van der Waals surface area contributed by atoms with Gasteiger partial charge in [0.15, 0.2) is 0 Å². The zero-order valence-electron chi connectivity index (χ0n) is 9.05. The maximum absolute atomic E-state index is 5.34. The molecule has 1 fully saturated rings. The molecule has 1 N–H and O–H groups in total. The number of nitrogens with one attached hydrogen (secondary N) is 1. The average molecular weight is 191 g/mol. The van der Waals surface area contributed by atoms with Crippen LogP contribution in [0, 0.1) is 13.8 Å². The summed E-state index contributed by atoms with van der Waals surface area (Å²) >= 11 is 0. The first kappa shape index (κ1) is 9.53. The van der Waals surface area contributed by atoms with Gasteiger partial charge in [-0.1, -0.05) is 12.1 Å². The van der Waals surface area contributed by atoms with E-state index in [2.05, 4.69) is 31.3 Å². The second-order valence-electron chi connectivity index (χ2n) is 3.98. The number of methoxy groups -OCH3 is 1. The van der Waals surface area contributed by atoms with Crippen LogP contribution in [0.1, 0.15) is 29.2 Å². The van der Waals surface area contributed by atoms with Crippen LogP contribution in [0.5, 0.6) is 5.75 Å². The molecule has 0 saturated carbocycles. The Morgan fingerprint density at radius 2 is 1.86 bits per heavy atom. The predicted octanol–water partition coefficient (Wildman–Crippen LogP) is 2.35. The van der Waals surface area contributed by atoms with Crippen molar-refractivity contribution in [2.24, 2.45) is 0 Å². The third-order valence-electron chi connectivity index (χ3n) is 2.91. The van der Waals surface area contributed by atoms with Crippen LogP contribution in [0.4, 0.5) is 0 Å². The summed E-state index contributed by atoms with van der Waals surface area (Å²) in [4.78, 5) is 0. The van der Waals surface area contributed by atoms with Gasteiger partial charge in [-0.05, 0) is 43.5 Å². The van der Waals surface area contributed by atoms with E-state index in [0.29, 0.717) is 6.04 Å². The standard InChI is InChI=1S/C12H17NO/c1-8-6-10(11-4-5-13-11)7-9(2)12(8)14-3/h6-7,11,13H,4-5H2,1-3H3/t11-/m0/s1. The molecule has 0 bridgehead atoms. The zero-order valence-corrected chi connectivity index (χ0v) is 9.05. The summed E-state index contributed by atoms with van der Waals surface area (Å²) in [7, 11) is 1.73. The molecule has 1 aliphatic rings. The van der Waals surface area contributed by atoms with Crippen molar-refractivity contribution in [2.45, 2.75) is 26.3 Å². The monoisotopic (exact) mass is 191 g/mol. The lowest BCUT2D eigenvalue weighted by atomic mass is 9.94. The van der Waals surface area contributed by atoms with Crippen LogP contribution in [0.2, 0.25) is 0 Å². The minimum Gasteiger partial charge on any atom is -0.496 e. The number of aryl methyl sites for hydroxylation is 2. The molecule has 0 aromatic heterocycles. The molecule has 2 heteroatoms. The molecule has 0 unspecified atom stereocenters. The molecule has 1 aromatic carbocycles. The lowest BCUT2D eigenvalue weighted by Crippen LogP contribution is -2.35. The maximum atomic E-state index is 5.34. The molecular formula is C12H17NO. The Morgan fingerprint density at radius 1 is 1.29 bits per heavy atom. The molecular weight excluding hydrogens is 174 g/mol. The molecule has 76 valence electrons. The normalized spacial score (nSPS) is 20.4. The van der Waals surface area contributed by atoms with E-state index >= 15 is 0 Å². The van der Waals surface area contributed by atoms with Crippen LogP contribution in [-0.4, -0.2) is 13.7 Å². The Hall–Kier alpha value is -1.02. The zero-order chi connectivity index (χ0) is 10.1. The van der Waals surface area contributed by atoms with Gasteiger partial charge in [0.05, 0.1) is 7.11 Å². The lowest BCUT2D eigenvalue weighted by Gasteiger charge is -2.29. The largest absolute Gasteiger partial charge is 0.496 e. The summed E-state index contributed by atoms with van der Waals surface area (Å²) in [6, 6.07) is 5.02. The van der Waals surface area contributed by atoms with Crippen LogP contribution in [-0.2, 0) is 0 Å². The molecule has 1 atom stereocenters. The summed E-state index contributed by atoms with van der Waals surface area (Å²) in [5.41, 5.74) is 3.86. The van der Waals surface area contributed by atoms with Gasteiger partial charge < -0.3 is 10.1 Å². The van der Waals surface area contributed by atoms with Gasteiger partial charge in [0.25, 0.3) is 0 Å². The molecule has 2 rings (SSSR count). The van der Waals surface area contributed by atoms with Crippen LogP contribution in [0.3, 0.4) is 0 Å². The molecule has 14 heavy (non-hydrogen) atoms. The third-order valence-corrected chi connectivity index (χ3v) is 2.91. The van der Waals surface area contributed by atoms with Gasteiger partial charge in [-0.3, -0.25) is 0 Å². The molecule has 0 spiro atoms. The summed E-state index contributed by atoms with van der Waals surface area (Å²) < 4.78 is 5.34. The molecule has 1 aromatic rings. The van der Waals surface area contributed by atoms with E-state index < -0.39 is 0 Å². The smallest absolute Gasteiger partial charge is 0.124 e. The predicted molar refractivity (Wildman–Crippen MR) is 57.8 cm³/mol. The van der Waals surface area contributed by atoms with Gasteiger partial charge in [0.2, 0.25) is 0 Å². The summed E-state index contributed by atoms with van der Waals surface area (Å²) in [6.07, 6.45) is 1.26. The van der Waals surface area contributed by atoms with Crippen LogP contribution in [0.15, 0.2) is 12.1 Å². The maximum Gasteiger partial charge on any atom is 0.124 e. The van der Waals surface area contributed by atoms with Gasteiger partial charge in [0, 0.05) is 6.04 Å². The third kappa shape index (κ3) is 1.50. The number of hydrogen-bond donors (Lipinski definition) is 1. The van der Waals surface area contributed by atoms with E-state index in [-0.39, 0.29) is 0 Å². The second kappa shape index (κ2) is 3.62. The fourth-order valence-electron chi connectivity index (χ4n) is 2.08. The Morgan fingerprint density at radius 3 is 2.21 bits per heavy atom. The minimum absolute atomic E-state index is 0.568. The van der Waals surface area contributed by atoms with Crippen molar-refractivity contribution in [3.8, 4) is 5.75 Å². The number of hydrogen-bond acceptors (Lipinski definition) is 2. The highest BCUT2D eigenvalue weighted by Gasteiger charge is 2.19. The van der Waals surface area contributed by atoms with Crippen LogP contribution < -0.4 is 10.1 Å². The van der Waals surface area contributed by atoms with Gasteiger partial charge in [-0.25, -0.2) is 0 Å². The lowest BCUT2D eigenvalue weighted by molar-refractivity contribution is 0.380. The van der Waals surface area contributed by atoms with E-state index in [1.165, 1.54) is 23.1 Å². The van der Waals surface area contributed by atoms with Gasteiger partial charge in [0.1, 0.15) is 5.75 Å². The number of ether oxygens (including phenoxy) is 1. The Kier molecular flexibility index (Phi) is 2.46. The van der Waals surface area contributed by atoms with E-state index in [9.17, 15) is 0 Å². The van der Waals surface area contributed by atoms with E-state index in [0.717, 1.165) is 12.3 Å². The van der Waals surface area contributed by atoms with Gasteiger partial charge in [-0.2, -0.15) is 0 Å². The second-order valence-corrected chi connectivity index (χ2v) is 3.98. The molecule has 0 amide bonds. The van der Waals surface area contributed by atoms with Gasteiger partial charge >= 0.3 is 0 Å². The highest BCUT2D eigenvalue weighted by atomic mass is 16.5. The van der Waals surface area contributed by atoms with Crippen molar-refractivity contribution < 1.29 is 4.74 Å². The number of benzene rings is 1. The van der Waals surface area contributed by atoms with Crippen LogP contribution in [0.25, 0.3) is 0 Å². The van der Waals surface area contributed by atoms with E-state index in [4.69, 9.17) is 4.74 Å². The molecule has 2 nitrogen and oxygen atoms in total. The minimum atomic E-state index is 0.568. The first-order valence-electron chi connectivity index (χ1n) is 5.11. The van der Waals surface area contributed by atoms with Crippen molar-refractivity contribution in [3.05, 3.63) is 28.8 Å². The molecule has 1 saturated heterocycles. The first-order chi connectivity index (χ1) is 6.72. The topological polar surface area (TPSA) is 21.3 Å². The van der Waals surface area contributed by atoms with Crippen molar-refractivity contribution in [1.82, 2.24) is 5.32 Å². The fourth-order valence-corrected chi connectivity index (χ4v) is 2.08. The van der Waals surface area contributed by atoms with E-state index in [1.54, 1.807) is 7.11 Å². The fraction of sp³-hybridized carbons (Fsp3) is 0.500. The molecule has 1 aliphatic heterocycles. The average Bonchev–Trinajstić information content (AvgIpc) is 2.00. The Balaban J connectivity index is 2.35. The van der Waals surface area contributed by atoms with Crippen LogP contribution >= 0.6 is 0 Å². The van der Waals surface area contributed by atoms with E-state index in [1.807, 2.05) is 0 Å². The van der Waals surface area contributed by atoms with Crippen molar-refractivity contribution in [2.75, 3.05) is 13.7 Å². The Labute approximate surface area is 85.3 Å². The highest BCUT2D eigenvalue weighted by Crippen LogP contribution is 2.30. The molecule has 0 radical (unpaired) electrons. The quantitative estimate of drug-likeness (QED) is 0.774. The molecule has 0 aliphatic carbocycles. The van der Waals surface area contributed by atoms with Gasteiger partial charge in [-0.15, -0.1) is 0 Å². The van der Waals surface area contributed by atoms with Crippen molar-refractivity contribution in [1.29, 1.82) is 0 Å². The first-order valence-corrected chi connectivity index (χ1v) is 5.11.